The van der Waals surface area contributed by atoms with Gasteiger partial charge in [0, 0.05) is 40.0 Å². The number of alkyl halides is 1. The summed E-state index contributed by atoms with van der Waals surface area (Å²) in [6, 6.07) is 11.1. The molecule has 0 aliphatic carbocycles. The number of hydrogen-bond acceptors (Lipinski definition) is 5. The highest BCUT2D eigenvalue weighted by Gasteiger charge is 2.17. The smallest absolute Gasteiger partial charge is 0.341 e. The van der Waals surface area contributed by atoms with Crippen molar-refractivity contribution in [2.45, 2.75) is 50.8 Å². The molecule has 0 radical (unpaired) electrons. The number of carboxylic acid groups (broad SMARTS) is 1. The van der Waals surface area contributed by atoms with Gasteiger partial charge >= 0.3 is 5.97 Å². The first kappa shape index (κ1) is 27.1. The Morgan fingerprint density at radius 1 is 0.971 bits per heavy atom. The van der Waals surface area contributed by atoms with Crippen LogP contribution in [0.3, 0.4) is 0 Å². The lowest BCUT2D eigenvalue weighted by molar-refractivity contribution is 0.0695. The molecule has 0 aliphatic rings. The van der Waals surface area contributed by atoms with Crippen molar-refractivity contribution in [2.24, 2.45) is 0 Å². The molecule has 0 atom stereocenters. The van der Waals surface area contributed by atoms with Crippen molar-refractivity contribution in [3.05, 3.63) is 58.4 Å². The molecule has 3 rings (SSSR count). The third kappa shape index (κ3) is 7.27. The Balaban J connectivity index is 2.01. The van der Waals surface area contributed by atoms with Crippen molar-refractivity contribution < 1.29 is 19.4 Å². The van der Waals surface area contributed by atoms with E-state index in [1.165, 1.54) is 31.9 Å². The number of thioether (sulfide) groups is 1. The van der Waals surface area contributed by atoms with Crippen molar-refractivity contribution in [3.63, 3.8) is 0 Å². The van der Waals surface area contributed by atoms with Crippen LogP contribution in [0.1, 0.15) is 56.3 Å². The quantitative estimate of drug-likeness (QED) is 0.131. The van der Waals surface area contributed by atoms with Gasteiger partial charge in [0.15, 0.2) is 0 Å². The van der Waals surface area contributed by atoms with Crippen molar-refractivity contribution in [1.82, 2.24) is 4.57 Å². The molecule has 0 bridgehead atoms. The minimum atomic E-state index is -1.25. The van der Waals surface area contributed by atoms with Crippen LogP contribution in [-0.2, 0) is 0 Å². The van der Waals surface area contributed by atoms with Crippen LogP contribution < -0.4 is 14.9 Å². The van der Waals surface area contributed by atoms with E-state index in [1.807, 2.05) is 38.1 Å². The molecule has 2 aromatic carbocycles. The number of benzene rings is 2. The van der Waals surface area contributed by atoms with Crippen LogP contribution in [0, 0.1) is 0 Å². The first-order chi connectivity index (χ1) is 17.0. The zero-order valence-electron chi connectivity index (χ0n) is 20.2. The van der Waals surface area contributed by atoms with Crippen molar-refractivity contribution >= 4 is 44.6 Å². The van der Waals surface area contributed by atoms with Crippen molar-refractivity contribution in [1.29, 1.82) is 0 Å². The van der Waals surface area contributed by atoms with Gasteiger partial charge in [-0.25, -0.2) is 4.79 Å². The Bertz CT molecular complexity index is 1190. The first-order valence-corrected chi connectivity index (χ1v) is 14.1. The first-order valence-electron chi connectivity index (χ1n) is 12.0. The van der Waals surface area contributed by atoms with Gasteiger partial charge in [-0.3, -0.25) is 4.79 Å². The fourth-order valence-electron chi connectivity index (χ4n) is 3.87. The van der Waals surface area contributed by atoms with Gasteiger partial charge in [-0.2, -0.15) is 0 Å². The lowest BCUT2D eigenvalue weighted by Gasteiger charge is -2.16. The highest BCUT2D eigenvalue weighted by molar-refractivity contribution is 9.09. The van der Waals surface area contributed by atoms with Crippen molar-refractivity contribution in [3.8, 4) is 17.2 Å². The number of rotatable bonds is 14. The zero-order chi connectivity index (χ0) is 25.2. The standard InChI is InChI=1S/C27H32BrNO5S/c1-3-33-20-14-19(15-21(16-20)34-4-2)29-18-24(27(31)32)26(30)23-11-10-22(17-25(23)29)35-13-9-7-5-6-8-12-28/h10-11,14-18H,3-9,12-13H2,1-2H3,(H,31,32). The summed E-state index contributed by atoms with van der Waals surface area (Å²) < 4.78 is 13.2. The Labute approximate surface area is 218 Å². The summed E-state index contributed by atoms with van der Waals surface area (Å²) in [5.41, 5.74) is 0.554. The van der Waals surface area contributed by atoms with Gasteiger partial charge < -0.3 is 19.1 Å². The second kappa shape index (κ2) is 13.6. The number of fused-ring (bicyclic) bond motifs is 1. The third-order valence-electron chi connectivity index (χ3n) is 5.52. The molecule has 0 saturated carbocycles. The highest BCUT2D eigenvalue weighted by atomic mass is 79.9. The molecule has 0 fully saturated rings. The second-order valence-corrected chi connectivity index (χ2v) is 10.0. The summed E-state index contributed by atoms with van der Waals surface area (Å²) in [6.45, 7) is 4.76. The summed E-state index contributed by atoms with van der Waals surface area (Å²) in [7, 11) is 0. The molecular weight excluding hydrogens is 530 g/mol. The second-order valence-electron chi connectivity index (χ2n) is 8.06. The molecule has 0 aliphatic heterocycles. The Morgan fingerprint density at radius 3 is 2.26 bits per heavy atom. The third-order valence-corrected chi connectivity index (χ3v) is 7.16. The molecule has 0 unspecified atom stereocenters. The maximum absolute atomic E-state index is 12.9. The van der Waals surface area contributed by atoms with Crippen LogP contribution in [0.25, 0.3) is 16.6 Å². The topological polar surface area (TPSA) is 77.8 Å². The Hall–Kier alpha value is -2.45. The predicted octanol–water partition coefficient (Wildman–Crippen LogP) is 6.92. The van der Waals surface area contributed by atoms with E-state index in [0.717, 1.165) is 22.4 Å². The molecule has 3 aromatic rings. The Morgan fingerprint density at radius 2 is 1.63 bits per heavy atom. The molecule has 1 N–H and O–H groups in total. The number of ether oxygens (including phenoxy) is 2. The van der Waals surface area contributed by atoms with Gasteiger partial charge in [0.05, 0.1) is 24.4 Å². The number of pyridine rings is 1. The zero-order valence-corrected chi connectivity index (χ0v) is 22.6. The van der Waals surface area contributed by atoms with E-state index < -0.39 is 11.4 Å². The van der Waals surface area contributed by atoms with Gasteiger partial charge in [0.2, 0.25) is 5.43 Å². The van der Waals surface area contributed by atoms with Crippen LogP contribution in [0.2, 0.25) is 0 Å². The monoisotopic (exact) mass is 561 g/mol. The lowest BCUT2D eigenvalue weighted by Crippen LogP contribution is -2.18. The van der Waals surface area contributed by atoms with E-state index in [2.05, 4.69) is 15.9 Å². The summed E-state index contributed by atoms with van der Waals surface area (Å²) in [5, 5.41) is 11.1. The predicted molar refractivity (Wildman–Crippen MR) is 146 cm³/mol. The van der Waals surface area contributed by atoms with Crippen LogP contribution in [0.4, 0.5) is 0 Å². The molecule has 6 nitrogen and oxygen atoms in total. The van der Waals surface area contributed by atoms with Crippen molar-refractivity contribution in [2.75, 3.05) is 24.3 Å². The van der Waals surface area contributed by atoms with Gasteiger partial charge in [-0.15, -0.1) is 11.8 Å². The normalized spacial score (nSPS) is 11.1. The van der Waals surface area contributed by atoms with E-state index >= 15 is 0 Å². The maximum Gasteiger partial charge on any atom is 0.341 e. The van der Waals surface area contributed by atoms with Crippen LogP contribution >= 0.6 is 27.7 Å². The van der Waals surface area contributed by atoms with Gasteiger partial charge in [0.1, 0.15) is 17.1 Å². The number of nitrogens with zero attached hydrogens (tertiary/aromatic N) is 1. The average Bonchev–Trinajstić information content (AvgIpc) is 2.84. The number of hydrogen-bond donors (Lipinski definition) is 1. The van der Waals surface area contributed by atoms with Gasteiger partial charge in [-0.05, 0) is 50.6 Å². The number of carboxylic acids is 1. The maximum atomic E-state index is 12.9. The fraction of sp³-hybridized carbons (Fsp3) is 0.407. The molecule has 35 heavy (non-hydrogen) atoms. The van der Waals surface area contributed by atoms with Crippen LogP contribution in [-0.4, -0.2) is 39.9 Å². The molecular formula is C27H32BrNO5S. The molecule has 0 saturated heterocycles. The van der Waals surface area contributed by atoms with Gasteiger partial charge in [-0.1, -0.05) is 35.2 Å². The number of aromatic carboxylic acids is 1. The van der Waals surface area contributed by atoms with E-state index in [1.54, 1.807) is 28.5 Å². The SMILES string of the molecule is CCOc1cc(OCC)cc(-n2cc(C(=O)O)c(=O)c3ccc(SCCCCCCCBr)cc32)c1. The minimum absolute atomic E-state index is 0.277. The molecule has 1 aromatic heterocycles. The lowest BCUT2D eigenvalue weighted by atomic mass is 10.1. The van der Waals surface area contributed by atoms with E-state index in [4.69, 9.17) is 9.47 Å². The summed E-state index contributed by atoms with van der Waals surface area (Å²) in [4.78, 5) is 25.8. The number of carbonyl (C=O) groups is 1. The Kier molecular flexibility index (Phi) is 10.5. The average molecular weight is 563 g/mol. The van der Waals surface area contributed by atoms with E-state index in [-0.39, 0.29) is 5.56 Å². The molecule has 0 spiro atoms. The molecule has 1 heterocycles. The highest BCUT2D eigenvalue weighted by Crippen LogP contribution is 2.30. The van der Waals surface area contributed by atoms with E-state index in [9.17, 15) is 14.7 Å². The molecule has 0 amide bonds. The summed E-state index contributed by atoms with van der Waals surface area (Å²) >= 11 is 5.22. The molecule has 8 heteroatoms. The number of unbranched alkanes of at least 4 members (excludes halogenated alkanes) is 4. The van der Waals surface area contributed by atoms with E-state index in [0.29, 0.717) is 41.3 Å². The minimum Gasteiger partial charge on any atom is -0.494 e. The van der Waals surface area contributed by atoms with Crippen LogP contribution in [0.15, 0.2) is 52.3 Å². The summed E-state index contributed by atoms with van der Waals surface area (Å²) in [6.07, 6.45) is 7.41. The number of halogens is 1. The molecule has 188 valence electrons. The summed E-state index contributed by atoms with van der Waals surface area (Å²) in [5.74, 6) is 0.964. The van der Waals surface area contributed by atoms with Gasteiger partial charge in [0.25, 0.3) is 0 Å². The fourth-order valence-corrected chi connectivity index (χ4v) is 5.21. The largest absolute Gasteiger partial charge is 0.494 e. The number of aromatic nitrogens is 1. The van der Waals surface area contributed by atoms with Crippen LogP contribution in [0.5, 0.6) is 11.5 Å².